The number of halogens is 1. The lowest BCUT2D eigenvalue weighted by Gasteiger charge is -2.13. The fourth-order valence-electron chi connectivity index (χ4n) is 3.10. The molecule has 0 aliphatic carbocycles. The summed E-state index contributed by atoms with van der Waals surface area (Å²) in [6.07, 6.45) is 0. The number of para-hydroxylation sites is 1. The van der Waals surface area contributed by atoms with Gasteiger partial charge in [0, 0.05) is 5.69 Å². The molecule has 0 fully saturated rings. The standard InChI is InChI=1S/C21H16FN3O3S3/c1-11-7-8-13(9-12(11)2)24-18-17(31-21(24)29)19(28)25(15-6-4-3-5-14(15)22)20(23-18)30-10-16(26)27/h3-9H,10H2,1-2H3,(H,26,27). The molecule has 158 valence electrons. The fraction of sp³-hybridized carbons (Fsp3) is 0.143. The Kier molecular flexibility index (Phi) is 5.78. The predicted octanol–water partition coefficient (Wildman–Crippen LogP) is 4.90. The average molecular weight is 474 g/mol. The van der Waals surface area contributed by atoms with Gasteiger partial charge in [-0.1, -0.05) is 41.3 Å². The van der Waals surface area contributed by atoms with Crippen molar-refractivity contribution >= 4 is 51.6 Å². The van der Waals surface area contributed by atoms with E-state index in [-0.39, 0.29) is 21.3 Å². The topological polar surface area (TPSA) is 77.1 Å². The van der Waals surface area contributed by atoms with E-state index in [9.17, 15) is 14.0 Å². The van der Waals surface area contributed by atoms with Crippen LogP contribution in [0.5, 0.6) is 0 Å². The number of thioether (sulfide) groups is 1. The largest absolute Gasteiger partial charge is 0.481 e. The van der Waals surface area contributed by atoms with Gasteiger partial charge in [-0.3, -0.25) is 18.7 Å². The van der Waals surface area contributed by atoms with Crippen LogP contribution in [-0.4, -0.2) is 30.9 Å². The van der Waals surface area contributed by atoms with E-state index in [4.69, 9.17) is 17.3 Å². The number of nitrogens with zero attached hydrogens (tertiary/aromatic N) is 3. The van der Waals surface area contributed by atoms with Crippen molar-refractivity contribution in [2.75, 3.05) is 5.75 Å². The molecule has 4 aromatic rings. The summed E-state index contributed by atoms with van der Waals surface area (Å²) in [6.45, 7) is 3.97. The molecule has 0 saturated carbocycles. The molecule has 0 unspecified atom stereocenters. The Balaban J connectivity index is 2.05. The molecular weight excluding hydrogens is 457 g/mol. The second-order valence-electron chi connectivity index (χ2n) is 6.79. The summed E-state index contributed by atoms with van der Waals surface area (Å²) in [7, 11) is 0. The minimum atomic E-state index is -1.07. The highest BCUT2D eigenvalue weighted by Crippen LogP contribution is 2.28. The van der Waals surface area contributed by atoms with Gasteiger partial charge in [0.1, 0.15) is 10.5 Å². The second kappa shape index (κ2) is 8.37. The van der Waals surface area contributed by atoms with Gasteiger partial charge in [-0.25, -0.2) is 9.37 Å². The number of aliphatic carboxylic acids is 1. The van der Waals surface area contributed by atoms with Gasteiger partial charge in [0.2, 0.25) is 0 Å². The number of hydrogen-bond donors (Lipinski definition) is 1. The van der Waals surface area contributed by atoms with Gasteiger partial charge in [-0.2, -0.15) is 0 Å². The van der Waals surface area contributed by atoms with Crippen molar-refractivity contribution in [3.05, 3.63) is 73.7 Å². The number of carboxylic acid groups (broad SMARTS) is 1. The van der Waals surface area contributed by atoms with Crippen molar-refractivity contribution in [1.82, 2.24) is 14.1 Å². The Labute approximate surface area is 189 Å². The molecule has 1 N–H and O–H groups in total. The molecule has 2 aromatic heterocycles. The molecule has 2 heterocycles. The van der Waals surface area contributed by atoms with E-state index in [0.29, 0.717) is 9.60 Å². The molecule has 0 spiro atoms. The van der Waals surface area contributed by atoms with Crippen LogP contribution < -0.4 is 5.56 Å². The predicted molar refractivity (Wildman–Crippen MR) is 123 cm³/mol. The molecule has 10 heteroatoms. The number of carbonyl (C=O) groups is 1. The highest BCUT2D eigenvalue weighted by Gasteiger charge is 2.21. The number of fused-ring (bicyclic) bond motifs is 1. The monoisotopic (exact) mass is 473 g/mol. The minimum absolute atomic E-state index is 0.00633. The summed E-state index contributed by atoms with van der Waals surface area (Å²) in [4.78, 5) is 29.2. The van der Waals surface area contributed by atoms with E-state index in [1.165, 1.54) is 18.2 Å². The van der Waals surface area contributed by atoms with Crippen LogP contribution in [0.25, 0.3) is 21.7 Å². The number of benzene rings is 2. The van der Waals surface area contributed by atoms with Gasteiger partial charge in [0.25, 0.3) is 5.56 Å². The summed E-state index contributed by atoms with van der Waals surface area (Å²) < 4.78 is 18.0. The summed E-state index contributed by atoms with van der Waals surface area (Å²) in [5.74, 6) is -2.02. The van der Waals surface area contributed by atoms with Gasteiger partial charge in [-0.05, 0) is 61.5 Å². The van der Waals surface area contributed by atoms with Crippen LogP contribution in [0.15, 0.2) is 52.4 Å². The third kappa shape index (κ3) is 3.93. The highest BCUT2D eigenvalue weighted by atomic mass is 32.2. The minimum Gasteiger partial charge on any atom is -0.481 e. The first-order valence-corrected chi connectivity index (χ1v) is 11.3. The van der Waals surface area contributed by atoms with Crippen LogP contribution in [0.1, 0.15) is 11.1 Å². The smallest absolute Gasteiger partial charge is 0.313 e. The summed E-state index contributed by atoms with van der Waals surface area (Å²) >= 11 is 7.47. The quantitative estimate of drug-likeness (QED) is 0.252. The zero-order chi connectivity index (χ0) is 22.3. The van der Waals surface area contributed by atoms with Gasteiger partial charge in [0.05, 0.1) is 11.4 Å². The van der Waals surface area contributed by atoms with Gasteiger partial charge < -0.3 is 5.11 Å². The van der Waals surface area contributed by atoms with Crippen molar-refractivity contribution in [3.8, 4) is 11.4 Å². The maximum atomic E-state index is 14.5. The first-order valence-electron chi connectivity index (χ1n) is 9.13. The molecule has 0 amide bonds. The first kappa shape index (κ1) is 21.4. The molecule has 0 saturated heterocycles. The molecular formula is C21H16FN3O3S3. The molecule has 31 heavy (non-hydrogen) atoms. The van der Waals surface area contributed by atoms with Crippen molar-refractivity contribution in [2.24, 2.45) is 0 Å². The third-order valence-corrected chi connectivity index (χ3v) is 7.02. The van der Waals surface area contributed by atoms with Crippen LogP contribution in [0, 0.1) is 23.6 Å². The molecule has 0 aliphatic heterocycles. The van der Waals surface area contributed by atoms with Crippen molar-refractivity contribution in [2.45, 2.75) is 19.0 Å². The summed E-state index contributed by atoms with van der Waals surface area (Å²) in [6, 6.07) is 11.6. The average Bonchev–Trinajstić information content (AvgIpc) is 3.06. The molecule has 6 nitrogen and oxygen atoms in total. The number of carboxylic acids is 1. The Hall–Kier alpha value is -2.82. The van der Waals surface area contributed by atoms with E-state index >= 15 is 0 Å². The first-order chi connectivity index (χ1) is 14.8. The van der Waals surface area contributed by atoms with E-state index in [1.54, 1.807) is 10.6 Å². The molecule has 0 radical (unpaired) electrons. The van der Waals surface area contributed by atoms with E-state index in [0.717, 1.165) is 44.5 Å². The van der Waals surface area contributed by atoms with Gasteiger partial charge in [-0.15, -0.1) is 0 Å². The Morgan fingerprint density at radius 3 is 2.61 bits per heavy atom. The molecule has 2 aromatic carbocycles. The van der Waals surface area contributed by atoms with Crippen LogP contribution >= 0.6 is 35.3 Å². The Bertz CT molecular complexity index is 1460. The lowest BCUT2D eigenvalue weighted by atomic mass is 10.1. The molecule has 0 bridgehead atoms. The normalized spacial score (nSPS) is 11.2. The number of hydrogen-bond acceptors (Lipinski definition) is 6. The Morgan fingerprint density at radius 1 is 1.19 bits per heavy atom. The van der Waals surface area contributed by atoms with Crippen LogP contribution in [0.4, 0.5) is 4.39 Å². The lowest BCUT2D eigenvalue weighted by Crippen LogP contribution is -2.23. The number of aryl methyl sites for hydroxylation is 2. The third-order valence-electron chi connectivity index (χ3n) is 4.74. The number of aromatic nitrogens is 3. The summed E-state index contributed by atoms with van der Waals surface area (Å²) in [5, 5.41) is 9.22. The van der Waals surface area contributed by atoms with Crippen molar-refractivity contribution in [3.63, 3.8) is 0 Å². The van der Waals surface area contributed by atoms with Crippen LogP contribution in [-0.2, 0) is 4.79 Å². The van der Waals surface area contributed by atoms with Crippen LogP contribution in [0.2, 0.25) is 0 Å². The number of rotatable bonds is 5. The van der Waals surface area contributed by atoms with E-state index < -0.39 is 17.3 Å². The highest BCUT2D eigenvalue weighted by molar-refractivity contribution is 7.99. The summed E-state index contributed by atoms with van der Waals surface area (Å²) in [5.41, 5.74) is 2.75. The lowest BCUT2D eigenvalue weighted by molar-refractivity contribution is -0.133. The zero-order valence-corrected chi connectivity index (χ0v) is 18.9. The number of thiazole rings is 1. The van der Waals surface area contributed by atoms with Gasteiger partial charge in [0.15, 0.2) is 14.8 Å². The Morgan fingerprint density at radius 2 is 1.94 bits per heavy atom. The fourth-order valence-corrected chi connectivity index (χ4v) is 5.12. The second-order valence-corrected chi connectivity index (χ2v) is 9.38. The van der Waals surface area contributed by atoms with E-state index in [1.807, 2.05) is 32.0 Å². The van der Waals surface area contributed by atoms with Gasteiger partial charge >= 0.3 is 5.97 Å². The molecule has 0 aliphatic rings. The molecule has 0 atom stereocenters. The molecule has 4 rings (SSSR count). The van der Waals surface area contributed by atoms with Crippen molar-refractivity contribution < 1.29 is 14.3 Å². The van der Waals surface area contributed by atoms with Crippen molar-refractivity contribution in [1.29, 1.82) is 0 Å². The van der Waals surface area contributed by atoms with Crippen LogP contribution in [0.3, 0.4) is 0 Å². The SMILES string of the molecule is Cc1ccc(-n2c(=S)sc3c(=O)n(-c4ccccc4F)c(SCC(=O)O)nc32)cc1C. The maximum Gasteiger partial charge on any atom is 0.313 e. The van der Waals surface area contributed by atoms with E-state index in [2.05, 4.69) is 4.98 Å². The maximum absolute atomic E-state index is 14.5. The zero-order valence-electron chi connectivity index (χ0n) is 16.5.